The molecule has 1 saturated heterocycles. The van der Waals surface area contributed by atoms with Gasteiger partial charge in [-0.25, -0.2) is 0 Å². The third-order valence-electron chi connectivity index (χ3n) is 4.78. The molecule has 2 heterocycles. The second kappa shape index (κ2) is 7.54. The van der Waals surface area contributed by atoms with E-state index in [9.17, 15) is 30.6 Å². The number of hydrogen-bond donors (Lipinski definition) is 6. The third-order valence-corrected chi connectivity index (χ3v) is 4.78. The molecule has 5 unspecified atom stereocenters. The fourth-order valence-electron chi connectivity index (χ4n) is 3.26. The molecule has 1 fully saturated rings. The van der Waals surface area contributed by atoms with Gasteiger partial charge in [-0.05, 0) is 30.3 Å². The maximum absolute atomic E-state index is 10.1. The molecule has 0 radical (unpaired) electrons. The molecule has 0 amide bonds. The Kier molecular flexibility index (Phi) is 5.07. The molecular formula is C20H20O9. The second-order valence-electron chi connectivity index (χ2n) is 6.86. The second-order valence-corrected chi connectivity index (χ2v) is 6.86. The molecular weight excluding hydrogens is 384 g/mol. The molecule has 0 aliphatic carbocycles. The van der Waals surface area contributed by atoms with Crippen LogP contribution in [0.5, 0.6) is 17.2 Å². The SMILES string of the molecule is OCC1OC(Oc2ccc3cc(-c4cc(O)cc(O)c4)oc3c2)C(O)C(O)C1O. The first-order valence-electron chi connectivity index (χ1n) is 8.90. The number of phenols is 2. The minimum atomic E-state index is -1.54. The van der Waals surface area contributed by atoms with Crippen molar-refractivity contribution in [2.24, 2.45) is 0 Å². The van der Waals surface area contributed by atoms with Crippen LogP contribution in [0.25, 0.3) is 22.3 Å². The summed E-state index contributed by atoms with van der Waals surface area (Å²) in [7, 11) is 0. The Morgan fingerprint density at radius 2 is 1.59 bits per heavy atom. The van der Waals surface area contributed by atoms with Gasteiger partial charge in [-0.15, -0.1) is 0 Å². The van der Waals surface area contributed by atoms with E-state index in [1.807, 2.05) is 0 Å². The van der Waals surface area contributed by atoms with E-state index in [-0.39, 0.29) is 17.2 Å². The van der Waals surface area contributed by atoms with Crippen LogP contribution in [0.1, 0.15) is 0 Å². The van der Waals surface area contributed by atoms with Crippen LogP contribution in [0.3, 0.4) is 0 Å². The summed E-state index contributed by atoms with van der Waals surface area (Å²) in [6.07, 6.45) is -6.91. The lowest BCUT2D eigenvalue weighted by Gasteiger charge is -2.39. The lowest BCUT2D eigenvalue weighted by atomic mass is 9.99. The largest absolute Gasteiger partial charge is 0.508 e. The topological polar surface area (TPSA) is 153 Å². The summed E-state index contributed by atoms with van der Waals surface area (Å²) in [5.74, 6) is 0.469. The molecule has 2 aromatic carbocycles. The van der Waals surface area contributed by atoms with Gasteiger partial charge in [0, 0.05) is 23.1 Å². The first kappa shape index (κ1) is 19.5. The number of phenolic OH excluding ortho intramolecular Hbond substituents is 2. The molecule has 1 aromatic heterocycles. The molecule has 5 atom stereocenters. The molecule has 0 saturated carbocycles. The molecule has 9 heteroatoms. The van der Waals surface area contributed by atoms with E-state index in [1.165, 1.54) is 18.2 Å². The Morgan fingerprint density at radius 3 is 2.28 bits per heavy atom. The van der Waals surface area contributed by atoms with Crippen molar-refractivity contribution in [1.29, 1.82) is 0 Å². The Labute approximate surface area is 164 Å². The third kappa shape index (κ3) is 3.74. The number of furan rings is 1. The molecule has 29 heavy (non-hydrogen) atoms. The van der Waals surface area contributed by atoms with Crippen LogP contribution < -0.4 is 4.74 Å². The average molecular weight is 404 g/mol. The van der Waals surface area contributed by atoms with Crippen LogP contribution in [0.2, 0.25) is 0 Å². The fourth-order valence-corrected chi connectivity index (χ4v) is 3.26. The Balaban J connectivity index is 1.59. The summed E-state index contributed by atoms with van der Waals surface area (Å²) < 4.78 is 16.7. The van der Waals surface area contributed by atoms with E-state index >= 15 is 0 Å². The lowest BCUT2D eigenvalue weighted by Crippen LogP contribution is -2.60. The minimum Gasteiger partial charge on any atom is -0.508 e. The van der Waals surface area contributed by atoms with E-state index in [0.717, 1.165) is 5.39 Å². The maximum Gasteiger partial charge on any atom is 0.229 e. The molecule has 0 spiro atoms. The summed E-state index contributed by atoms with van der Waals surface area (Å²) in [5, 5.41) is 59.1. The van der Waals surface area contributed by atoms with Gasteiger partial charge in [0.25, 0.3) is 0 Å². The zero-order chi connectivity index (χ0) is 20.7. The molecule has 0 bridgehead atoms. The van der Waals surface area contributed by atoms with Crippen molar-refractivity contribution in [2.45, 2.75) is 30.7 Å². The molecule has 1 aliphatic heterocycles. The molecule has 6 N–H and O–H groups in total. The highest BCUT2D eigenvalue weighted by Gasteiger charge is 2.44. The molecule has 1 aliphatic rings. The summed E-state index contributed by atoms with van der Waals surface area (Å²) in [4.78, 5) is 0. The van der Waals surface area contributed by atoms with Gasteiger partial charge in [0.15, 0.2) is 0 Å². The van der Waals surface area contributed by atoms with Crippen molar-refractivity contribution in [3.8, 4) is 28.6 Å². The van der Waals surface area contributed by atoms with Gasteiger partial charge in [-0.3, -0.25) is 0 Å². The van der Waals surface area contributed by atoms with E-state index in [1.54, 1.807) is 24.3 Å². The normalized spacial score (nSPS) is 27.2. The van der Waals surface area contributed by atoms with Gasteiger partial charge < -0.3 is 44.5 Å². The number of rotatable bonds is 4. The predicted octanol–water partition coefficient (Wildman–Crippen LogP) is 0.690. The lowest BCUT2D eigenvalue weighted by molar-refractivity contribution is -0.277. The van der Waals surface area contributed by atoms with Gasteiger partial charge in [-0.2, -0.15) is 0 Å². The minimum absolute atomic E-state index is 0.105. The zero-order valence-corrected chi connectivity index (χ0v) is 15.0. The summed E-state index contributed by atoms with van der Waals surface area (Å²) in [6, 6.07) is 10.7. The standard InChI is InChI=1S/C20H20O9/c21-8-16-17(24)18(25)19(26)20(29-16)27-13-2-1-9-5-14(28-15(9)7-13)10-3-11(22)6-12(23)4-10/h1-7,16-26H,8H2. The van der Waals surface area contributed by atoms with Gasteiger partial charge in [0.2, 0.25) is 6.29 Å². The van der Waals surface area contributed by atoms with Crippen LogP contribution in [-0.2, 0) is 4.74 Å². The highest BCUT2D eigenvalue weighted by Crippen LogP contribution is 2.34. The van der Waals surface area contributed by atoms with Crippen LogP contribution in [-0.4, -0.2) is 68.0 Å². The number of hydrogen-bond acceptors (Lipinski definition) is 9. The van der Waals surface area contributed by atoms with E-state index in [4.69, 9.17) is 13.9 Å². The maximum atomic E-state index is 10.1. The first-order chi connectivity index (χ1) is 13.9. The number of benzene rings is 2. The van der Waals surface area contributed by atoms with Crippen LogP contribution in [0.4, 0.5) is 0 Å². The van der Waals surface area contributed by atoms with Gasteiger partial charge >= 0.3 is 0 Å². The van der Waals surface area contributed by atoms with Gasteiger partial charge in [-0.1, -0.05) is 0 Å². The van der Waals surface area contributed by atoms with Crippen molar-refractivity contribution >= 4 is 11.0 Å². The van der Waals surface area contributed by atoms with E-state index < -0.39 is 37.3 Å². The molecule has 3 aromatic rings. The fraction of sp³-hybridized carbons (Fsp3) is 0.300. The Bertz CT molecular complexity index is 992. The van der Waals surface area contributed by atoms with Crippen molar-refractivity contribution < 1.29 is 44.5 Å². The number of aliphatic hydroxyl groups excluding tert-OH is 4. The average Bonchev–Trinajstić information content (AvgIpc) is 3.11. The van der Waals surface area contributed by atoms with Gasteiger partial charge in [0.05, 0.1) is 6.61 Å². The number of aromatic hydroxyl groups is 2. The predicted molar refractivity (Wildman–Crippen MR) is 99.4 cm³/mol. The summed E-state index contributed by atoms with van der Waals surface area (Å²) in [5.41, 5.74) is 0.917. The summed E-state index contributed by atoms with van der Waals surface area (Å²) >= 11 is 0. The van der Waals surface area contributed by atoms with E-state index in [2.05, 4.69) is 0 Å². The highest BCUT2D eigenvalue weighted by molar-refractivity contribution is 5.84. The highest BCUT2D eigenvalue weighted by atomic mass is 16.7. The van der Waals surface area contributed by atoms with Crippen molar-refractivity contribution in [2.75, 3.05) is 6.61 Å². The Morgan fingerprint density at radius 1 is 0.862 bits per heavy atom. The number of fused-ring (bicyclic) bond motifs is 1. The van der Waals surface area contributed by atoms with E-state index in [0.29, 0.717) is 16.9 Å². The number of ether oxygens (including phenoxy) is 2. The van der Waals surface area contributed by atoms with Crippen LogP contribution >= 0.6 is 0 Å². The zero-order valence-electron chi connectivity index (χ0n) is 15.0. The number of aliphatic hydroxyl groups is 4. The quantitative estimate of drug-likeness (QED) is 0.369. The molecule has 154 valence electrons. The first-order valence-corrected chi connectivity index (χ1v) is 8.90. The molecule has 4 rings (SSSR count). The van der Waals surface area contributed by atoms with Crippen molar-refractivity contribution in [3.63, 3.8) is 0 Å². The Hall–Kier alpha value is -2.82. The van der Waals surface area contributed by atoms with Crippen LogP contribution in [0, 0.1) is 0 Å². The smallest absolute Gasteiger partial charge is 0.229 e. The monoisotopic (exact) mass is 404 g/mol. The van der Waals surface area contributed by atoms with Crippen LogP contribution in [0.15, 0.2) is 46.9 Å². The summed E-state index contributed by atoms with van der Waals surface area (Å²) in [6.45, 7) is -0.553. The molecule has 9 nitrogen and oxygen atoms in total. The van der Waals surface area contributed by atoms with Crippen molar-refractivity contribution in [3.05, 3.63) is 42.5 Å². The van der Waals surface area contributed by atoms with Gasteiger partial charge in [0.1, 0.15) is 53.0 Å². The van der Waals surface area contributed by atoms with Crippen molar-refractivity contribution in [1.82, 2.24) is 0 Å².